The molecule has 2 N–H and O–H groups in total. The molecular formula is C12H16F3N3O2. The topological polar surface area (TPSA) is 70.1 Å². The Kier molecular flexibility index (Phi) is 3.77. The van der Waals surface area contributed by atoms with Gasteiger partial charge in [0.1, 0.15) is 5.54 Å². The highest BCUT2D eigenvalue weighted by molar-refractivity contribution is 5.80. The van der Waals surface area contributed by atoms with Crippen molar-refractivity contribution >= 4 is 5.97 Å². The molecule has 1 fully saturated rings. The van der Waals surface area contributed by atoms with Crippen LogP contribution in [0.15, 0.2) is 12.3 Å². The number of aromatic nitrogens is 2. The van der Waals surface area contributed by atoms with E-state index in [-0.39, 0.29) is 12.5 Å². The standard InChI is InChI=1S/C12H16F3N3O2/c1-20-10(19)11(16)5-2-3-8(7-11)18-6-4-9(17-18)12(13,14)15/h4,6,8H,2-3,5,7,16H2,1H3. The minimum atomic E-state index is -4.47. The maximum absolute atomic E-state index is 12.5. The van der Waals surface area contributed by atoms with Crippen LogP contribution in [0.1, 0.15) is 37.4 Å². The van der Waals surface area contributed by atoms with Crippen LogP contribution in [-0.2, 0) is 15.7 Å². The summed E-state index contributed by atoms with van der Waals surface area (Å²) in [6.07, 6.45) is -1.24. The van der Waals surface area contributed by atoms with Gasteiger partial charge >= 0.3 is 12.1 Å². The number of methoxy groups -OCH3 is 1. The van der Waals surface area contributed by atoms with Crippen molar-refractivity contribution in [3.63, 3.8) is 0 Å². The number of carbonyl (C=O) groups is 1. The molecule has 1 aliphatic rings. The molecule has 0 radical (unpaired) electrons. The number of ether oxygens (including phenoxy) is 1. The van der Waals surface area contributed by atoms with E-state index in [9.17, 15) is 18.0 Å². The average molecular weight is 291 g/mol. The summed E-state index contributed by atoms with van der Waals surface area (Å²) in [6, 6.07) is 0.592. The lowest BCUT2D eigenvalue weighted by Crippen LogP contribution is -2.52. The number of carbonyl (C=O) groups excluding carboxylic acids is 1. The highest BCUT2D eigenvalue weighted by atomic mass is 19.4. The second-order valence-electron chi connectivity index (χ2n) is 5.08. The molecule has 2 atom stereocenters. The summed E-state index contributed by atoms with van der Waals surface area (Å²) in [4.78, 5) is 11.7. The molecule has 2 unspecified atom stereocenters. The molecule has 0 aliphatic heterocycles. The predicted molar refractivity (Wildman–Crippen MR) is 63.7 cm³/mol. The molecule has 2 rings (SSSR count). The summed E-state index contributed by atoms with van der Waals surface area (Å²) in [5.74, 6) is -0.537. The summed E-state index contributed by atoms with van der Waals surface area (Å²) < 4.78 is 43.5. The molecule has 1 aliphatic carbocycles. The van der Waals surface area contributed by atoms with E-state index in [0.29, 0.717) is 19.3 Å². The lowest BCUT2D eigenvalue weighted by molar-refractivity contribution is -0.149. The van der Waals surface area contributed by atoms with Crippen molar-refractivity contribution in [3.05, 3.63) is 18.0 Å². The minimum absolute atomic E-state index is 0.221. The summed E-state index contributed by atoms with van der Waals surface area (Å²) >= 11 is 0. The lowest BCUT2D eigenvalue weighted by atomic mass is 9.80. The first kappa shape index (κ1) is 14.8. The van der Waals surface area contributed by atoms with Gasteiger partial charge in [0.2, 0.25) is 0 Å². The van der Waals surface area contributed by atoms with Gasteiger partial charge in [-0.3, -0.25) is 9.48 Å². The van der Waals surface area contributed by atoms with Crippen LogP contribution in [0.4, 0.5) is 13.2 Å². The van der Waals surface area contributed by atoms with Crippen LogP contribution in [0.2, 0.25) is 0 Å². The Labute approximate surface area is 113 Å². The summed E-state index contributed by atoms with van der Waals surface area (Å²) in [6.45, 7) is 0. The molecule has 0 bridgehead atoms. The van der Waals surface area contributed by atoms with E-state index in [2.05, 4.69) is 9.84 Å². The van der Waals surface area contributed by atoms with Crippen LogP contribution in [0.3, 0.4) is 0 Å². The van der Waals surface area contributed by atoms with E-state index in [1.807, 2.05) is 0 Å². The fourth-order valence-corrected chi connectivity index (χ4v) is 2.58. The van der Waals surface area contributed by atoms with Crippen LogP contribution >= 0.6 is 0 Å². The number of halogens is 3. The number of esters is 1. The monoisotopic (exact) mass is 291 g/mol. The number of nitrogens with zero attached hydrogens (tertiary/aromatic N) is 2. The largest absolute Gasteiger partial charge is 0.468 e. The highest BCUT2D eigenvalue weighted by Gasteiger charge is 2.42. The quantitative estimate of drug-likeness (QED) is 0.845. The maximum Gasteiger partial charge on any atom is 0.435 e. The SMILES string of the molecule is COC(=O)C1(N)CCCC(n2ccc(C(F)(F)F)n2)C1. The number of rotatable bonds is 2. The summed E-state index contributed by atoms with van der Waals surface area (Å²) in [5.41, 5.74) is 3.90. The van der Waals surface area contributed by atoms with E-state index in [4.69, 9.17) is 5.73 Å². The zero-order valence-corrected chi connectivity index (χ0v) is 11.0. The van der Waals surface area contributed by atoms with Gasteiger partial charge in [0, 0.05) is 6.20 Å². The van der Waals surface area contributed by atoms with E-state index < -0.39 is 23.4 Å². The molecule has 1 aromatic rings. The van der Waals surface area contributed by atoms with Crippen molar-refractivity contribution in [2.75, 3.05) is 7.11 Å². The lowest BCUT2D eigenvalue weighted by Gasteiger charge is -2.35. The molecule has 0 amide bonds. The smallest absolute Gasteiger partial charge is 0.435 e. The second-order valence-corrected chi connectivity index (χ2v) is 5.08. The summed E-state index contributed by atoms with van der Waals surface area (Å²) in [5, 5.41) is 3.54. The van der Waals surface area contributed by atoms with Crippen molar-refractivity contribution in [2.45, 2.75) is 43.4 Å². The van der Waals surface area contributed by atoms with Crippen molar-refractivity contribution in [1.82, 2.24) is 9.78 Å². The molecule has 5 nitrogen and oxygen atoms in total. The van der Waals surface area contributed by atoms with Gasteiger partial charge in [0.05, 0.1) is 13.2 Å². The number of hydrogen-bond acceptors (Lipinski definition) is 4. The Bertz CT molecular complexity index is 500. The van der Waals surface area contributed by atoms with Gasteiger partial charge in [0.25, 0.3) is 0 Å². The van der Waals surface area contributed by atoms with Crippen molar-refractivity contribution in [1.29, 1.82) is 0 Å². The van der Waals surface area contributed by atoms with Crippen LogP contribution in [0.5, 0.6) is 0 Å². The van der Waals surface area contributed by atoms with Gasteiger partial charge < -0.3 is 10.5 Å². The van der Waals surface area contributed by atoms with Gasteiger partial charge in [-0.1, -0.05) is 0 Å². The van der Waals surface area contributed by atoms with E-state index in [1.54, 1.807) is 0 Å². The first-order valence-electron chi connectivity index (χ1n) is 6.26. The Morgan fingerprint density at radius 2 is 2.30 bits per heavy atom. The van der Waals surface area contributed by atoms with E-state index in [1.165, 1.54) is 18.0 Å². The molecule has 20 heavy (non-hydrogen) atoms. The highest BCUT2D eigenvalue weighted by Crippen LogP contribution is 2.35. The number of alkyl halides is 3. The van der Waals surface area contributed by atoms with Crippen LogP contribution in [0, 0.1) is 0 Å². The predicted octanol–water partition coefficient (Wildman–Crippen LogP) is 1.89. The Morgan fingerprint density at radius 3 is 2.85 bits per heavy atom. The van der Waals surface area contributed by atoms with Crippen LogP contribution in [-0.4, -0.2) is 28.4 Å². The zero-order chi connectivity index (χ0) is 15.0. The molecule has 1 heterocycles. The van der Waals surface area contributed by atoms with Gasteiger partial charge in [-0.05, 0) is 31.7 Å². The molecule has 112 valence electrons. The van der Waals surface area contributed by atoms with Gasteiger partial charge in [-0.25, -0.2) is 0 Å². The molecule has 0 aromatic carbocycles. The normalized spacial score (nSPS) is 27.4. The average Bonchev–Trinajstić information content (AvgIpc) is 2.87. The maximum atomic E-state index is 12.5. The number of nitrogens with two attached hydrogens (primary N) is 1. The third-order valence-corrected chi connectivity index (χ3v) is 3.62. The minimum Gasteiger partial charge on any atom is -0.468 e. The summed E-state index contributed by atoms with van der Waals surface area (Å²) in [7, 11) is 1.25. The van der Waals surface area contributed by atoms with Crippen LogP contribution < -0.4 is 5.73 Å². The fourth-order valence-electron chi connectivity index (χ4n) is 2.58. The molecule has 8 heteroatoms. The van der Waals surface area contributed by atoms with Crippen molar-refractivity contribution < 1.29 is 22.7 Å². The van der Waals surface area contributed by atoms with E-state index in [0.717, 1.165) is 6.07 Å². The first-order chi connectivity index (χ1) is 9.26. The molecule has 0 saturated heterocycles. The van der Waals surface area contributed by atoms with Gasteiger partial charge in [0.15, 0.2) is 5.69 Å². The second kappa shape index (κ2) is 5.08. The van der Waals surface area contributed by atoms with Crippen LogP contribution in [0.25, 0.3) is 0 Å². The third kappa shape index (κ3) is 2.79. The zero-order valence-electron chi connectivity index (χ0n) is 11.0. The molecule has 0 spiro atoms. The first-order valence-corrected chi connectivity index (χ1v) is 6.26. The van der Waals surface area contributed by atoms with Gasteiger partial charge in [-0.15, -0.1) is 0 Å². The third-order valence-electron chi connectivity index (χ3n) is 3.62. The van der Waals surface area contributed by atoms with Gasteiger partial charge in [-0.2, -0.15) is 18.3 Å². The Balaban J connectivity index is 2.17. The van der Waals surface area contributed by atoms with Crippen molar-refractivity contribution in [3.8, 4) is 0 Å². The molecule has 1 aromatic heterocycles. The Hall–Kier alpha value is -1.57. The Morgan fingerprint density at radius 1 is 1.60 bits per heavy atom. The number of hydrogen-bond donors (Lipinski definition) is 1. The molecule has 1 saturated carbocycles. The fraction of sp³-hybridized carbons (Fsp3) is 0.667. The van der Waals surface area contributed by atoms with Crippen molar-refractivity contribution in [2.24, 2.45) is 5.73 Å². The molecular weight excluding hydrogens is 275 g/mol. The van der Waals surface area contributed by atoms with E-state index >= 15 is 0 Å².